The molecule has 0 bridgehead atoms. The van der Waals surface area contributed by atoms with Gasteiger partial charge in [0.05, 0.1) is 11.3 Å². The van der Waals surface area contributed by atoms with E-state index in [-0.39, 0.29) is 5.82 Å². The van der Waals surface area contributed by atoms with Crippen molar-refractivity contribution in [3.63, 3.8) is 0 Å². The van der Waals surface area contributed by atoms with Gasteiger partial charge in [-0.2, -0.15) is 0 Å². The lowest BCUT2D eigenvalue weighted by Gasteiger charge is -2.06. The van der Waals surface area contributed by atoms with Gasteiger partial charge < -0.3 is 9.13 Å². The third kappa shape index (κ3) is 2.52. The summed E-state index contributed by atoms with van der Waals surface area (Å²) in [6, 6.07) is 5.10. The second-order valence-corrected chi connectivity index (χ2v) is 6.79. The van der Waals surface area contributed by atoms with Gasteiger partial charge in [-0.15, -0.1) is 10.2 Å². The molecule has 1 saturated carbocycles. The maximum Gasteiger partial charge on any atom is 0.191 e. The number of nitrogens with zero attached hydrogens (tertiary/aromatic N) is 5. The van der Waals surface area contributed by atoms with Crippen molar-refractivity contribution in [1.29, 1.82) is 0 Å². The molecule has 0 saturated heterocycles. The first-order valence-electron chi connectivity index (χ1n) is 7.84. The van der Waals surface area contributed by atoms with E-state index in [1.807, 2.05) is 20.0 Å². The molecular formula is C16H18FN5S. The maximum absolute atomic E-state index is 13.9. The number of benzene rings is 1. The number of aromatic nitrogens is 5. The highest BCUT2D eigenvalue weighted by Crippen LogP contribution is 2.39. The molecule has 7 heteroatoms. The quantitative estimate of drug-likeness (QED) is 0.672. The Morgan fingerprint density at radius 1 is 1.30 bits per heavy atom. The molecule has 120 valence electrons. The molecule has 2 aromatic heterocycles. The minimum atomic E-state index is -0.268. The Balaban J connectivity index is 1.61. The van der Waals surface area contributed by atoms with E-state index in [4.69, 9.17) is 0 Å². The first-order valence-corrected chi connectivity index (χ1v) is 8.83. The zero-order valence-corrected chi connectivity index (χ0v) is 14.0. The van der Waals surface area contributed by atoms with E-state index in [1.165, 1.54) is 18.9 Å². The summed E-state index contributed by atoms with van der Waals surface area (Å²) < 4.78 is 18.1. The number of hydrogen-bond donors (Lipinski definition) is 0. The Bertz CT molecular complexity index is 865. The zero-order chi connectivity index (χ0) is 16.0. The van der Waals surface area contributed by atoms with Crippen LogP contribution in [0.4, 0.5) is 4.39 Å². The number of fused-ring (bicyclic) bond motifs is 1. The van der Waals surface area contributed by atoms with Crippen LogP contribution in [0.1, 0.15) is 37.3 Å². The van der Waals surface area contributed by atoms with E-state index >= 15 is 0 Å². The topological polar surface area (TPSA) is 48.5 Å². The molecular weight excluding hydrogens is 313 g/mol. The van der Waals surface area contributed by atoms with Crippen LogP contribution >= 0.6 is 11.8 Å². The zero-order valence-electron chi connectivity index (χ0n) is 13.2. The molecule has 0 amide bonds. The number of imidazole rings is 1. The summed E-state index contributed by atoms with van der Waals surface area (Å²) in [6.07, 6.45) is 2.42. The van der Waals surface area contributed by atoms with Gasteiger partial charge in [-0.3, -0.25) is 0 Å². The minimum absolute atomic E-state index is 0.268. The highest BCUT2D eigenvalue weighted by Gasteiger charge is 2.29. The summed E-state index contributed by atoms with van der Waals surface area (Å²) >= 11 is 1.60. The van der Waals surface area contributed by atoms with Gasteiger partial charge in [0.25, 0.3) is 0 Å². The largest absolute Gasteiger partial charge is 0.327 e. The van der Waals surface area contributed by atoms with Crippen LogP contribution < -0.4 is 0 Å². The van der Waals surface area contributed by atoms with Crippen LogP contribution in [0.25, 0.3) is 11.0 Å². The molecule has 1 aliphatic carbocycles. The van der Waals surface area contributed by atoms with Gasteiger partial charge in [0.15, 0.2) is 11.0 Å². The Hall–Kier alpha value is -1.89. The highest BCUT2D eigenvalue weighted by molar-refractivity contribution is 7.98. The monoisotopic (exact) mass is 331 g/mol. The van der Waals surface area contributed by atoms with E-state index in [0.717, 1.165) is 28.9 Å². The van der Waals surface area contributed by atoms with Crippen molar-refractivity contribution in [2.24, 2.45) is 7.05 Å². The number of hydrogen-bond acceptors (Lipinski definition) is 4. The molecule has 2 heterocycles. The van der Waals surface area contributed by atoms with Crippen LogP contribution in [0, 0.1) is 5.82 Å². The molecule has 0 spiro atoms. The van der Waals surface area contributed by atoms with Gasteiger partial charge in [-0.25, -0.2) is 9.37 Å². The van der Waals surface area contributed by atoms with Gasteiger partial charge in [0, 0.05) is 19.5 Å². The van der Waals surface area contributed by atoms with Gasteiger partial charge in [0.1, 0.15) is 17.2 Å². The molecule has 0 aliphatic heterocycles. The van der Waals surface area contributed by atoms with E-state index < -0.39 is 0 Å². The lowest BCUT2D eigenvalue weighted by molar-refractivity contribution is 0.637. The molecule has 1 aromatic carbocycles. The first-order chi connectivity index (χ1) is 11.2. The molecule has 3 aromatic rings. The van der Waals surface area contributed by atoms with Crippen LogP contribution in [-0.2, 0) is 19.3 Å². The van der Waals surface area contributed by atoms with Crippen LogP contribution in [0.2, 0.25) is 0 Å². The lowest BCUT2D eigenvalue weighted by atomic mass is 10.3. The Kier molecular flexibility index (Phi) is 3.60. The van der Waals surface area contributed by atoms with Crippen molar-refractivity contribution in [2.75, 3.05) is 0 Å². The fourth-order valence-electron chi connectivity index (χ4n) is 2.90. The third-order valence-corrected chi connectivity index (χ3v) is 5.28. The third-order valence-electron chi connectivity index (χ3n) is 4.27. The van der Waals surface area contributed by atoms with Gasteiger partial charge in [0.2, 0.25) is 0 Å². The van der Waals surface area contributed by atoms with E-state index in [1.54, 1.807) is 17.8 Å². The van der Waals surface area contributed by atoms with Crippen molar-refractivity contribution < 1.29 is 4.39 Å². The second kappa shape index (κ2) is 5.63. The van der Waals surface area contributed by atoms with Gasteiger partial charge in [-0.1, -0.05) is 17.8 Å². The van der Waals surface area contributed by atoms with E-state index in [2.05, 4.69) is 24.3 Å². The first kappa shape index (κ1) is 14.7. The smallest absolute Gasteiger partial charge is 0.191 e. The summed E-state index contributed by atoms with van der Waals surface area (Å²) in [6.45, 7) is 2.82. The standard InChI is InChI=1S/C16H18FN5S/c1-3-22-12-6-4-5-11(17)14(12)18-13(22)9-23-16-20-19-15(21(16)2)10-7-8-10/h4-6,10H,3,7-9H2,1-2H3. The minimum Gasteiger partial charge on any atom is -0.327 e. The Morgan fingerprint density at radius 3 is 2.87 bits per heavy atom. The van der Waals surface area contributed by atoms with Crippen LogP contribution in [0.5, 0.6) is 0 Å². The number of halogens is 1. The maximum atomic E-state index is 13.9. The molecule has 0 radical (unpaired) electrons. The second-order valence-electron chi connectivity index (χ2n) is 5.84. The van der Waals surface area contributed by atoms with E-state index in [9.17, 15) is 4.39 Å². The molecule has 1 aliphatic rings. The SMILES string of the molecule is CCn1c(CSc2nnc(C3CC3)n2C)nc2c(F)cccc21. The number of thioether (sulfide) groups is 1. The average Bonchev–Trinajstić information content (AvgIpc) is 3.22. The van der Waals surface area contributed by atoms with Crippen molar-refractivity contribution in [1.82, 2.24) is 24.3 Å². The molecule has 5 nitrogen and oxygen atoms in total. The molecule has 0 N–H and O–H groups in total. The number of rotatable bonds is 5. The van der Waals surface area contributed by atoms with Crippen LogP contribution in [0.15, 0.2) is 23.4 Å². The van der Waals surface area contributed by atoms with Crippen molar-refractivity contribution in [3.05, 3.63) is 35.7 Å². The van der Waals surface area contributed by atoms with E-state index in [0.29, 0.717) is 17.2 Å². The van der Waals surface area contributed by atoms with Crippen molar-refractivity contribution in [2.45, 2.75) is 43.1 Å². The molecule has 4 rings (SSSR count). The fraction of sp³-hybridized carbons (Fsp3) is 0.438. The highest BCUT2D eigenvalue weighted by atomic mass is 32.2. The predicted octanol–water partition coefficient (Wildman–Crippen LogP) is 3.49. The number of para-hydroxylation sites is 1. The van der Waals surface area contributed by atoms with Gasteiger partial charge in [-0.05, 0) is 31.9 Å². The van der Waals surface area contributed by atoms with Crippen LogP contribution in [0.3, 0.4) is 0 Å². The lowest BCUT2D eigenvalue weighted by Crippen LogP contribution is -2.01. The molecule has 0 unspecified atom stereocenters. The van der Waals surface area contributed by atoms with Crippen molar-refractivity contribution in [3.8, 4) is 0 Å². The van der Waals surface area contributed by atoms with Crippen molar-refractivity contribution >= 4 is 22.8 Å². The van der Waals surface area contributed by atoms with Crippen LogP contribution in [-0.4, -0.2) is 24.3 Å². The summed E-state index contributed by atoms with van der Waals surface area (Å²) in [4.78, 5) is 4.49. The Labute approximate surface area is 137 Å². The normalized spacial score (nSPS) is 14.7. The number of aryl methyl sites for hydroxylation is 1. The summed E-state index contributed by atoms with van der Waals surface area (Å²) in [7, 11) is 2.01. The fourth-order valence-corrected chi connectivity index (χ4v) is 3.77. The predicted molar refractivity (Wildman–Crippen MR) is 87.9 cm³/mol. The summed E-state index contributed by atoms with van der Waals surface area (Å²) in [5.41, 5.74) is 1.29. The summed E-state index contributed by atoms with van der Waals surface area (Å²) in [5.74, 6) is 2.90. The molecule has 1 fully saturated rings. The average molecular weight is 331 g/mol. The Morgan fingerprint density at radius 2 is 2.13 bits per heavy atom. The molecule has 23 heavy (non-hydrogen) atoms. The summed E-state index contributed by atoms with van der Waals surface area (Å²) in [5, 5.41) is 9.47. The van der Waals surface area contributed by atoms with Gasteiger partial charge >= 0.3 is 0 Å². The molecule has 0 atom stereocenters.